The van der Waals surface area contributed by atoms with Gasteiger partial charge in [0, 0.05) is 12.0 Å². The zero-order chi connectivity index (χ0) is 26.3. The summed E-state index contributed by atoms with van der Waals surface area (Å²) in [6.45, 7) is 5.02. The van der Waals surface area contributed by atoms with Crippen LogP contribution in [0.3, 0.4) is 0 Å². The first-order valence-electron chi connectivity index (χ1n) is 13.7. The molecule has 37 heavy (non-hydrogen) atoms. The number of hydrogen-bond acceptors (Lipinski definition) is 5. The largest absolute Gasteiger partial charge is 0.497 e. The third-order valence-corrected chi connectivity index (χ3v) is 10.4. The van der Waals surface area contributed by atoms with E-state index in [1.807, 2.05) is 24.3 Å². The Morgan fingerprint density at radius 3 is 2.62 bits per heavy atom. The van der Waals surface area contributed by atoms with Gasteiger partial charge in [0.2, 0.25) is 0 Å². The Morgan fingerprint density at radius 1 is 1.14 bits per heavy atom. The molecule has 5 rings (SSSR count). The molecule has 1 aromatic carbocycles. The Bertz CT molecular complexity index is 1130. The number of carbonyl (C=O) groups is 1. The van der Waals surface area contributed by atoms with Crippen LogP contribution in [-0.4, -0.2) is 36.0 Å². The molecule has 3 saturated carbocycles. The number of benzene rings is 1. The second kappa shape index (κ2) is 9.83. The Labute approximate surface area is 220 Å². The van der Waals surface area contributed by atoms with Crippen molar-refractivity contribution in [2.45, 2.75) is 77.4 Å². The molecule has 0 aromatic heterocycles. The van der Waals surface area contributed by atoms with E-state index in [2.05, 4.69) is 36.3 Å². The molecule has 6 nitrogen and oxygen atoms in total. The van der Waals surface area contributed by atoms with Crippen molar-refractivity contribution in [3.63, 3.8) is 0 Å². The molecular formula is C31H40N2O4. The van der Waals surface area contributed by atoms with Gasteiger partial charge in [0.25, 0.3) is 5.91 Å². The van der Waals surface area contributed by atoms with Crippen molar-refractivity contribution in [3.8, 4) is 18.1 Å². The highest BCUT2D eigenvalue weighted by molar-refractivity contribution is 5.96. The maximum absolute atomic E-state index is 12.2. The number of nitrogens with zero attached hydrogens (tertiary/aromatic N) is 1. The fraction of sp³-hybridized carbons (Fsp3) is 0.613. The predicted octanol–water partition coefficient (Wildman–Crippen LogP) is 5.01. The zero-order valence-corrected chi connectivity index (χ0v) is 22.4. The lowest BCUT2D eigenvalue weighted by molar-refractivity contribution is -0.125. The SMILES string of the molecule is C#C[C@]1(O)CCC2[C@@H]3CCC4=CC(=NOCC(=O)NCc5ccc(OC)cc5)CC[C@]4(C)C3CC[C@@]21C. The van der Waals surface area contributed by atoms with Crippen LogP contribution in [0.2, 0.25) is 0 Å². The highest BCUT2D eigenvalue weighted by Crippen LogP contribution is 2.67. The minimum absolute atomic E-state index is 0.0941. The topological polar surface area (TPSA) is 80.2 Å². The van der Waals surface area contributed by atoms with Gasteiger partial charge in [-0.2, -0.15) is 0 Å². The van der Waals surface area contributed by atoms with Gasteiger partial charge in [0.1, 0.15) is 11.4 Å². The Morgan fingerprint density at radius 2 is 1.89 bits per heavy atom. The lowest BCUT2D eigenvalue weighted by Crippen LogP contribution is -2.54. The van der Waals surface area contributed by atoms with Crippen molar-refractivity contribution < 1.29 is 19.5 Å². The average molecular weight is 505 g/mol. The number of carbonyl (C=O) groups excluding carboxylic acids is 1. The molecule has 2 N–H and O–H groups in total. The van der Waals surface area contributed by atoms with E-state index in [1.165, 1.54) is 5.57 Å². The normalized spacial score (nSPS) is 37.4. The lowest BCUT2D eigenvalue weighted by Gasteiger charge is -2.58. The van der Waals surface area contributed by atoms with Gasteiger partial charge in [-0.05, 0) is 98.3 Å². The monoisotopic (exact) mass is 504 g/mol. The number of ether oxygens (including phenoxy) is 1. The van der Waals surface area contributed by atoms with Crippen LogP contribution >= 0.6 is 0 Å². The van der Waals surface area contributed by atoms with Crippen LogP contribution in [0.1, 0.15) is 70.8 Å². The molecule has 4 aliphatic rings. The number of rotatable bonds is 6. The first kappa shape index (κ1) is 25.9. The van der Waals surface area contributed by atoms with E-state index < -0.39 is 5.60 Å². The third-order valence-electron chi connectivity index (χ3n) is 10.4. The van der Waals surface area contributed by atoms with Crippen molar-refractivity contribution in [1.29, 1.82) is 0 Å². The predicted molar refractivity (Wildman–Crippen MR) is 144 cm³/mol. The maximum atomic E-state index is 12.2. The highest BCUT2D eigenvalue weighted by atomic mass is 16.6. The van der Waals surface area contributed by atoms with Crippen LogP contribution < -0.4 is 10.1 Å². The molecule has 1 aromatic rings. The van der Waals surface area contributed by atoms with E-state index in [4.69, 9.17) is 16.0 Å². The quantitative estimate of drug-likeness (QED) is 0.422. The molecule has 0 spiro atoms. The van der Waals surface area contributed by atoms with Crippen LogP contribution in [-0.2, 0) is 16.2 Å². The molecule has 6 atom stereocenters. The minimum Gasteiger partial charge on any atom is -0.497 e. The third kappa shape index (κ3) is 4.46. The molecule has 198 valence electrons. The number of nitrogens with one attached hydrogen (secondary N) is 1. The van der Waals surface area contributed by atoms with Crippen molar-refractivity contribution in [3.05, 3.63) is 41.5 Å². The van der Waals surface area contributed by atoms with Crippen LogP contribution in [0.25, 0.3) is 0 Å². The fourth-order valence-corrected chi connectivity index (χ4v) is 8.07. The number of amides is 1. The zero-order valence-electron chi connectivity index (χ0n) is 22.4. The summed E-state index contributed by atoms with van der Waals surface area (Å²) in [4.78, 5) is 17.7. The molecule has 0 radical (unpaired) electrons. The van der Waals surface area contributed by atoms with Crippen LogP contribution in [0, 0.1) is 40.9 Å². The average Bonchev–Trinajstić information content (AvgIpc) is 3.18. The summed E-state index contributed by atoms with van der Waals surface area (Å²) in [5.74, 6) is 5.11. The molecule has 4 aliphatic carbocycles. The van der Waals surface area contributed by atoms with Gasteiger partial charge >= 0.3 is 0 Å². The Hall–Kier alpha value is -2.78. The van der Waals surface area contributed by atoms with Crippen molar-refractivity contribution in [1.82, 2.24) is 5.32 Å². The smallest absolute Gasteiger partial charge is 0.261 e. The van der Waals surface area contributed by atoms with Crippen LogP contribution in [0.15, 0.2) is 41.1 Å². The van der Waals surface area contributed by atoms with Gasteiger partial charge in [-0.3, -0.25) is 4.79 Å². The molecule has 2 unspecified atom stereocenters. The molecule has 0 bridgehead atoms. The number of methoxy groups -OCH3 is 1. The number of fused-ring (bicyclic) bond motifs is 5. The van der Waals surface area contributed by atoms with Gasteiger partial charge in [-0.25, -0.2) is 0 Å². The van der Waals surface area contributed by atoms with E-state index in [-0.39, 0.29) is 23.3 Å². The van der Waals surface area contributed by atoms with Crippen molar-refractivity contribution >= 4 is 11.6 Å². The van der Waals surface area contributed by atoms with E-state index in [0.717, 1.165) is 68.4 Å². The maximum Gasteiger partial charge on any atom is 0.261 e. The molecule has 0 heterocycles. The summed E-state index contributed by atoms with van der Waals surface area (Å²) in [6.07, 6.45) is 16.0. The second-order valence-electron chi connectivity index (χ2n) is 12.0. The summed E-state index contributed by atoms with van der Waals surface area (Å²) in [5.41, 5.74) is 2.44. The minimum atomic E-state index is -0.954. The molecule has 0 aliphatic heterocycles. The summed E-state index contributed by atoms with van der Waals surface area (Å²) < 4.78 is 5.16. The Balaban J connectivity index is 1.18. The number of aliphatic hydroxyl groups is 1. The van der Waals surface area contributed by atoms with Gasteiger partial charge in [0.05, 0.1) is 12.8 Å². The fourth-order valence-electron chi connectivity index (χ4n) is 8.07. The van der Waals surface area contributed by atoms with Crippen LogP contribution in [0.5, 0.6) is 5.75 Å². The number of allylic oxidation sites excluding steroid dienone is 2. The molecule has 6 heteroatoms. The highest BCUT2D eigenvalue weighted by Gasteiger charge is 2.63. The number of hydrogen-bond donors (Lipinski definition) is 2. The summed E-state index contributed by atoms with van der Waals surface area (Å²) in [5, 5.41) is 18.4. The summed E-state index contributed by atoms with van der Waals surface area (Å²) in [6, 6.07) is 7.60. The lowest BCUT2D eigenvalue weighted by atomic mass is 9.46. The van der Waals surface area contributed by atoms with Crippen molar-refractivity contribution in [2.24, 2.45) is 33.7 Å². The van der Waals surface area contributed by atoms with Gasteiger partial charge in [-0.15, -0.1) is 6.42 Å². The van der Waals surface area contributed by atoms with Crippen LogP contribution in [0.4, 0.5) is 0 Å². The first-order valence-corrected chi connectivity index (χ1v) is 13.7. The number of oxime groups is 1. The summed E-state index contributed by atoms with van der Waals surface area (Å²) >= 11 is 0. The van der Waals surface area contributed by atoms with E-state index in [9.17, 15) is 9.90 Å². The van der Waals surface area contributed by atoms with Gasteiger partial charge < -0.3 is 20.0 Å². The van der Waals surface area contributed by atoms with Gasteiger partial charge in [-0.1, -0.05) is 42.6 Å². The summed E-state index contributed by atoms with van der Waals surface area (Å²) in [7, 11) is 1.63. The number of terminal acetylenes is 1. The molecule has 0 saturated heterocycles. The molecule has 1 amide bonds. The van der Waals surface area contributed by atoms with E-state index in [0.29, 0.717) is 24.3 Å². The van der Waals surface area contributed by atoms with E-state index >= 15 is 0 Å². The first-order chi connectivity index (χ1) is 17.7. The molecular weight excluding hydrogens is 464 g/mol. The van der Waals surface area contributed by atoms with Crippen molar-refractivity contribution in [2.75, 3.05) is 13.7 Å². The second-order valence-corrected chi connectivity index (χ2v) is 12.0. The van der Waals surface area contributed by atoms with E-state index in [1.54, 1.807) is 7.11 Å². The van der Waals surface area contributed by atoms with Gasteiger partial charge in [0.15, 0.2) is 6.61 Å². The molecule has 3 fully saturated rings. The Kier molecular flexibility index (Phi) is 6.87. The standard InChI is InChI=1S/C31H40N2O4/c1-5-31(35)17-14-27-25-11-8-22-18-23(12-15-29(22,2)26(25)13-16-30(27,31)3)33-37-20-28(34)32-19-21-6-9-24(36-4)10-7-21/h1,6-7,9-10,18,25-27,35H,8,11-17,19-20H2,2-4H3,(H,32,34)/t25-,26?,27?,29+,30+,31+/m1/s1.